The lowest BCUT2D eigenvalue weighted by Gasteiger charge is -2.31. The molecule has 1 fully saturated rings. The number of amides is 1. The number of nitrogens with two attached hydrogens (primary N) is 1. The molecule has 1 aliphatic rings. The summed E-state index contributed by atoms with van der Waals surface area (Å²) in [6.45, 7) is 1.87. The second-order valence-corrected chi connectivity index (χ2v) is 11.1. The third kappa shape index (κ3) is 5.37. The number of carbonyl (C=O) groups is 2. The van der Waals surface area contributed by atoms with E-state index in [2.05, 4.69) is 15.6 Å². The summed E-state index contributed by atoms with van der Waals surface area (Å²) in [5, 5.41) is 6.04. The SMILES string of the molecule is CC(=O)Nc1ccc(S(=O)(=O)N2CCC(Nc3nc(N)c(C(=O)c4c(F)cccc4F)s3)CC2)cc1. The molecule has 1 saturated heterocycles. The fourth-order valence-corrected chi connectivity index (χ4v) is 6.24. The zero-order valence-corrected chi connectivity index (χ0v) is 20.8. The number of nitrogens with zero attached hydrogens (tertiary/aromatic N) is 2. The van der Waals surface area contributed by atoms with Gasteiger partial charge in [-0.3, -0.25) is 9.59 Å². The van der Waals surface area contributed by atoms with Gasteiger partial charge in [0.15, 0.2) is 5.13 Å². The lowest BCUT2D eigenvalue weighted by Crippen LogP contribution is -2.42. The minimum absolute atomic E-state index is 0.0794. The van der Waals surface area contributed by atoms with Crippen LogP contribution in [-0.4, -0.2) is 48.5 Å². The Morgan fingerprint density at radius 3 is 2.28 bits per heavy atom. The Morgan fingerprint density at radius 2 is 1.69 bits per heavy atom. The standard InChI is InChI=1S/C23H23F2N5O4S2/c1-13(31)27-14-5-7-16(8-6-14)36(33,34)30-11-9-15(10-12-30)28-23-29-22(26)21(35-23)20(32)19-17(24)3-2-4-18(19)25/h2-8,15H,9-12,26H2,1H3,(H,27,31)(H,28,29). The van der Waals surface area contributed by atoms with Crippen molar-refractivity contribution in [3.8, 4) is 0 Å². The Labute approximate surface area is 210 Å². The summed E-state index contributed by atoms with van der Waals surface area (Å²) in [6.07, 6.45) is 0.932. The number of piperidine rings is 1. The third-order valence-corrected chi connectivity index (χ3v) is 8.56. The predicted octanol–water partition coefficient (Wildman–Crippen LogP) is 3.46. The van der Waals surface area contributed by atoms with Gasteiger partial charge in [-0.25, -0.2) is 22.2 Å². The Hall–Kier alpha value is -3.42. The van der Waals surface area contributed by atoms with Crippen LogP contribution in [-0.2, 0) is 14.8 Å². The summed E-state index contributed by atoms with van der Waals surface area (Å²) in [7, 11) is -3.71. The van der Waals surface area contributed by atoms with Crippen molar-refractivity contribution in [3.05, 3.63) is 64.5 Å². The zero-order chi connectivity index (χ0) is 26.0. The predicted molar refractivity (Wildman–Crippen MR) is 132 cm³/mol. The van der Waals surface area contributed by atoms with Gasteiger partial charge in [-0.15, -0.1) is 0 Å². The van der Waals surface area contributed by atoms with Gasteiger partial charge in [-0.05, 0) is 49.2 Å². The normalized spacial score (nSPS) is 15.0. The van der Waals surface area contributed by atoms with Crippen LogP contribution in [0.3, 0.4) is 0 Å². The van der Waals surface area contributed by atoms with E-state index in [0.29, 0.717) is 23.7 Å². The average Bonchev–Trinajstić information content (AvgIpc) is 3.19. The molecule has 2 heterocycles. The summed E-state index contributed by atoms with van der Waals surface area (Å²) < 4.78 is 55.4. The molecule has 1 amide bonds. The summed E-state index contributed by atoms with van der Waals surface area (Å²) >= 11 is 0.890. The molecule has 3 aromatic rings. The van der Waals surface area contributed by atoms with Crippen LogP contribution < -0.4 is 16.4 Å². The van der Waals surface area contributed by atoms with Crippen LogP contribution in [0.25, 0.3) is 0 Å². The summed E-state index contributed by atoms with van der Waals surface area (Å²) in [4.78, 5) is 28.0. The average molecular weight is 536 g/mol. The number of sulfonamides is 1. The van der Waals surface area contributed by atoms with Crippen LogP contribution >= 0.6 is 11.3 Å². The maximum absolute atomic E-state index is 14.0. The number of hydrogen-bond donors (Lipinski definition) is 3. The lowest BCUT2D eigenvalue weighted by molar-refractivity contribution is -0.114. The van der Waals surface area contributed by atoms with E-state index in [9.17, 15) is 26.8 Å². The van der Waals surface area contributed by atoms with E-state index in [1.54, 1.807) is 0 Å². The van der Waals surface area contributed by atoms with Crippen LogP contribution in [0.2, 0.25) is 0 Å². The number of benzene rings is 2. The van der Waals surface area contributed by atoms with Crippen molar-refractivity contribution in [1.82, 2.24) is 9.29 Å². The van der Waals surface area contributed by atoms with Gasteiger partial charge in [0, 0.05) is 31.7 Å². The van der Waals surface area contributed by atoms with Crippen molar-refractivity contribution in [1.29, 1.82) is 0 Å². The Balaban J connectivity index is 1.39. The van der Waals surface area contributed by atoms with Crippen molar-refractivity contribution in [3.63, 3.8) is 0 Å². The van der Waals surface area contributed by atoms with Gasteiger partial charge in [-0.1, -0.05) is 17.4 Å². The Kier molecular flexibility index (Phi) is 7.33. The first-order valence-corrected chi connectivity index (χ1v) is 13.2. The molecule has 4 rings (SSSR count). The van der Waals surface area contributed by atoms with E-state index in [0.717, 1.165) is 29.5 Å². The zero-order valence-electron chi connectivity index (χ0n) is 19.1. The quantitative estimate of drug-likeness (QED) is 0.395. The molecule has 4 N–H and O–H groups in total. The molecular weight excluding hydrogens is 512 g/mol. The number of thiazole rings is 1. The molecule has 9 nitrogen and oxygen atoms in total. The molecule has 1 aliphatic heterocycles. The fraction of sp³-hybridized carbons (Fsp3) is 0.261. The molecule has 190 valence electrons. The summed E-state index contributed by atoms with van der Waals surface area (Å²) in [6, 6.07) is 8.96. The van der Waals surface area contributed by atoms with E-state index in [1.807, 2.05) is 0 Å². The lowest BCUT2D eigenvalue weighted by atomic mass is 10.1. The Morgan fingerprint density at radius 1 is 1.08 bits per heavy atom. The number of hydrogen-bond acceptors (Lipinski definition) is 8. The number of aromatic nitrogens is 1. The van der Waals surface area contributed by atoms with Crippen molar-refractivity contribution in [2.75, 3.05) is 29.5 Å². The number of ketones is 1. The number of nitrogens with one attached hydrogen (secondary N) is 2. The van der Waals surface area contributed by atoms with Crippen LogP contribution in [0.1, 0.15) is 35.0 Å². The molecule has 13 heteroatoms. The molecule has 2 aromatic carbocycles. The van der Waals surface area contributed by atoms with E-state index in [1.165, 1.54) is 35.5 Å². The van der Waals surface area contributed by atoms with Crippen LogP contribution in [0.5, 0.6) is 0 Å². The van der Waals surface area contributed by atoms with E-state index < -0.39 is 33.0 Å². The van der Waals surface area contributed by atoms with E-state index >= 15 is 0 Å². The molecule has 0 spiro atoms. The Bertz CT molecular complexity index is 1380. The molecular formula is C23H23F2N5O4S2. The molecule has 0 aliphatic carbocycles. The second-order valence-electron chi connectivity index (χ2n) is 8.19. The number of halogens is 2. The van der Waals surface area contributed by atoms with Crippen LogP contribution in [0, 0.1) is 11.6 Å². The number of nitrogen functional groups attached to an aromatic ring is 1. The minimum atomic E-state index is -3.71. The summed E-state index contributed by atoms with van der Waals surface area (Å²) in [5.41, 5.74) is 5.66. The third-order valence-electron chi connectivity index (χ3n) is 5.64. The monoisotopic (exact) mass is 535 g/mol. The van der Waals surface area contributed by atoms with Crippen molar-refractivity contribution in [2.24, 2.45) is 0 Å². The van der Waals surface area contributed by atoms with Crippen LogP contribution in [0.4, 0.5) is 25.4 Å². The summed E-state index contributed by atoms with van der Waals surface area (Å²) in [5.74, 6) is -3.25. The maximum atomic E-state index is 14.0. The van der Waals surface area contributed by atoms with Gasteiger partial charge in [0.05, 0.1) is 10.5 Å². The van der Waals surface area contributed by atoms with Gasteiger partial charge >= 0.3 is 0 Å². The van der Waals surface area contributed by atoms with Crippen LogP contribution in [0.15, 0.2) is 47.4 Å². The highest BCUT2D eigenvalue weighted by atomic mass is 32.2. The maximum Gasteiger partial charge on any atom is 0.243 e. The molecule has 0 unspecified atom stereocenters. The van der Waals surface area contributed by atoms with E-state index in [-0.39, 0.29) is 40.6 Å². The first kappa shape index (κ1) is 25.7. The van der Waals surface area contributed by atoms with Gasteiger partial charge in [0.2, 0.25) is 21.7 Å². The van der Waals surface area contributed by atoms with Gasteiger partial charge < -0.3 is 16.4 Å². The highest BCUT2D eigenvalue weighted by Crippen LogP contribution is 2.31. The molecule has 0 radical (unpaired) electrons. The smallest absolute Gasteiger partial charge is 0.243 e. The van der Waals surface area contributed by atoms with Gasteiger partial charge in [-0.2, -0.15) is 4.31 Å². The molecule has 1 aromatic heterocycles. The van der Waals surface area contributed by atoms with Crippen molar-refractivity contribution >= 4 is 49.7 Å². The first-order chi connectivity index (χ1) is 17.1. The largest absolute Gasteiger partial charge is 0.382 e. The minimum Gasteiger partial charge on any atom is -0.382 e. The highest BCUT2D eigenvalue weighted by molar-refractivity contribution is 7.89. The van der Waals surface area contributed by atoms with Gasteiger partial charge in [0.25, 0.3) is 0 Å². The number of anilines is 3. The first-order valence-electron chi connectivity index (χ1n) is 11.0. The highest BCUT2D eigenvalue weighted by Gasteiger charge is 2.30. The molecule has 0 atom stereocenters. The van der Waals surface area contributed by atoms with Crippen molar-refractivity contribution < 1.29 is 26.8 Å². The fourth-order valence-electron chi connectivity index (χ4n) is 3.86. The van der Waals surface area contributed by atoms with Crippen molar-refractivity contribution in [2.45, 2.75) is 30.7 Å². The second kappa shape index (κ2) is 10.3. The topological polar surface area (TPSA) is 134 Å². The number of carbonyl (C=O) groups excluding carboxylic acids is 2. The van der Waals surface area contributed by atoms with E-state index in [4.69, 9.17) is 5.73 Å². The molecule has 0 bridgehead atoms. The van der Waals surface area contributed by atoms with Gasteiger partial charge in [0.1, 0.15) is 22.3 Å². The molecule has 36 heavy (non-hydrogen) atoms. The number of rotatable bonds is 7. The molecule has 0 saturated carbocycles.